The van der Waals surface area contributed by atoms with Crippen molar-refractivity contribution in [1.82, 2.24) is 4.57 Å². The van der Waals surface area contributed by atoms with Crippen molar-refractivity contribution in [2.24, 2.45) is 12.2 Å². The Kier molecular flexibility index (Phi) is 4.58. The van der Waals surface area contributed by atoms with Gasteiger partial charge in [-0.2, -0.15) is 0 Å². The zero-order chi connectivity index (χ0) is 17.1. The summed E-state index contributed by atoms with van der Waals surface area (Å²) in [4.78, 5) is 0. The third-order valence-corrected chi connectivity index (χ3v) is 4.25. The summed E-state index contributed by atoms with van der Waals surface area (Å²) in [5, 5.41) is 16.8. The molecule has 0 unspecified atom stereocenters. The number of halogens is 1. The summed E-state index contributed by atoms with van der Waals surface area (Å²) in [5.74, 6) is 0. The second kappa shape index (κ2) is 6.81. The average molecular weight is 340 g/mol. The second-order valence-electron chi connectivity index (χ2n) is 5.59. The standard InChI is InChI=1S/C19H18ClN3O/c1-13-6-3-4-7-17(13)21-14-9-10-15(16(20)12-14)19(22-24)18-8-5-11-23(18)2/h3-12,21,24H,1-2H3. The minimum Gasteiger partial charge on any atom is -0.410 e. The number of para-hydroxylation sites is 1. The van der Waals surface area contributed by atoms with Crippen molar-refractivity contribution < 1.29 is 5.21 Å². The van der Waals surface area contributed by atoms with E-state index in [1.165, 1.54) is 0 Å². The molecule has 24 heavy (non-hydrogen) atoms. The van der Waals surface area contributed by atoms with Crippen LogP contribution in [-0.4, -0.2) is 15.5 Å². The van der Waals surface area contributed by atoms with Crippen LogP contribution in [0.3, 0.4) is 0 Å². The molecule has 0 saturated heterocycles. The number of hydrogen-bond donors (Lipinski definition) is 2. The summed E-state index contributed by atoms with van der Waals surface area (Å²) in [6.07, 6.45) is 1.89. The fourth-order valence-corrected chi connectivity index (χ4v) is 2.87. The molecule has 3 rings (SSSR count). The first-order valence-corrected chi connectivity index (χ1v) is 7.94. The number of hydrogen-bond acceptors (Lipinski definition) is 3. The van der Waals surface area contributed by atoms with Crippen molar-refractivity contribution in [2.75, 3.05) is 5.32 Å². The Morgan fingerprint density at radius 1 is 1.12 bits per heavy atom. The molecule has 4 nitrogen and oxygen atoms in total. The van der Waals surface area contributed by atoms with E-state index >= 15 is 0 Å². The van der Waals surface area contributed by atoms with Crippen LogP contribution in [0.5, 0.6) is 0 Å². The molecular weight excluding hydrogens is 322 g/mol. The lowest BCUT2D eigenvalue weighted by Gasteiger charge is -2.12. The Hall–Kier alpha value is -2.72. The highest BCUT2D eigenvalue weighted by atomic mass is 35.5. The minimum atomic E-state index is 0.440. The molecule has 0 spiro atoms. The molecule has 3 aromatic rings. The van der Waals surface area contributed by atoms with Gasteiger partial charge in [-0.25, -0.2) is 0 Å². The molecule has 2 aromatic carbocycles. The van der Waals surface area contributed by atoms with Gasteiger partial charge in [0.25, 0.3) is 0 Å². The molecule has 122 valence electrons. The molecule has 2 N–H and O–H groups in total. The van der Waals surface area contributed by atoms with Gasteiger partial charge in [0.1, 0.15) is 5.71 Å². The molecule has 1 aromatic heterocycles. The quantitative estimate of drug-likeness (QED) is 0.401. The third kappa shape index (κ3) is 3.14. The number of nitrogens with zero attached hydrogens (tertiary/aromatic N) is 2. The van der Waals surface area contributed by atoms with Gasteiger partial charge in [0.15, 0.2) is 0 Å². The largest absolute Gasteiger partial charge is 0.410 e. The Balaban J connectivity index is 1.93. The normalized spacial score (nSPS) is 11.5. The van der Waals surface area contributed by atoms with Crippen molar-refractivity contribution in [3.05, 3.63) is 82.6 Å². The van der Waals surface area contributed by atoms with Gasteiger partial charge < -0.3 is 15.1 Å². The van der Waals surface area contributed by atoms with E-state index in [0.717, 1.165) is 22.6 Å². The summed E-state index contributed by atoms with van der Waals surface area (Å²) in [6, 6.07) is 17.4. The fourth-order valence-electron chi connectivity index (χ4n) is 2.60. The molecule has 0 atom stereocenters. The zero-order valence-corrected chi connectivity index (χ0v) is 14.2. The Bertz CT molecular complexity index is 899. The van der Waals surface area contributed by atoms with Gasteiger partial charge >= 0.3 is 0 Å². The summed E-state index contributed by atoms with van der Waals surface area (Å²) >= 11 is 6.44. The van der Waals surface area contributed by atoms with Gasteiger partial charge in [0, 0.05) is 30.2 Å². The minimum absolute atomic E-state index is 0.440. The maximum atomic E-state index is 9.44. The highest BCUT2D eigenvalue weighted by molar-refractivity contribution is 6.35. The molecule has 1 heterocycles. The zero-order valence-electron chi connectivity index (χ0n) is 13.5. The lowest BCUT2D eigenvalue weighted by molar-refractivity contribution is 0.319. The van der Waals surface area contributed by atoms with Crippen LogP contribution in [0.1, 0.15) is 16.8 Å². The van der Waals surface area contributed by atoms with Crippen LogP contribution >= 0.6 is 11.6 Å². The summed E-state index contributed by atoms with van der Waals surface area (Å²) in [5.41, 5.74) is 4.96. The van der Waals surface area contributed by atoms with Crippen molar-refractivity contribution in [3.63, 3.8) is 0 Å². The van der Waals surface area contributed by atoms with E-state index in [2.05, 4.69) is 10.5 Å². The first kappa shape index (κ1) is 16.1. The van der Waals surface area contributed by atoms with Crippen molar-refractivity contribution in [1.29, 1.82) is 0 Å². The predicted molar refractivity (Wildman–Crippen MR) is 98.8 cm³/mol. The van der Waals surface area contributed by atoms with E-state index in [9.17, 15) is 5.21 Å². The summed E-state index contributed by atoms with van der Waals surface area (Å²) in [6.45, 7) is 2.05. The molecule has 5 heteroatoms. The number of aryl methyl sites for hydroxylation is 2. The van der Waals surface area contributed by atoms with E-state index in [1.807, 2.05) is 79.3 Å². The van der Waals surface area contributed by atoms with E-state index in [0.29, 0.717) is 16.3 Å². The van der Waals surface area contributed by atoms with Crippen LogP contribution in [0.25, 0.3) is 0 Å². The van der Waals surface area contributed by atoms with Crippen LogP contribution in [0.2, 0.25) is 5.02 Å². The maximum Gasteiger partial charge on any atom is 0.134 e. The van der Waals surface area contributed by atoms with E-state index in [-0.39, 0.29) is 0 Å². The average Bonchev–Trinajstić information content (AvgIpc) is 2.98. The van der Waals surface area contributed by atoms with Crippen molar-refractivity contribution in [3.8, 4) is 0 Å². The van der Waals surface area contributed by atoms with Gasteiger partial charge in [0.05, 0.1) is 10.7 Å². The highest BCUT2D eigenvalue weighted by Gasteiger charge is 2.14. The molecule has 0 aliphatic rings. The van der Waals surface area contributed by atoms with Crippen LogP contribution in [0, 0.1) is 6.92 Å². The Morgan fingerprint density at radius 3 is 2.54 bits per heavy atom. The lowest BCUT2D eigenvalue weighted by Crippen LogP contribution is -2.09. The van der Waals surface area contributed by atoms with E-state index < -0.39 is 0 Å². The number of oxime groups is 1. The van der Waals surface area contributed by atoms with E-state index in [4.69, 9.17) is 11.6 Å². The van der Waals surface area contributed by atoms with Gasteiger partial charge in [0.2, 0.25) is 0 Å². The van der Waals surface area contributed by atoms with Crippen molar-refractivity contribution in [2.45, 2.75) is 6.92 Å². The SMILES string of the molecule is Cc1ccccc1Nc1ccc(C(=NO)c2cccn2C)c(Cl)c1. The third-order valence-electron chi connectivity index (χ3n) is 3.93. The molecule has 0 saturated carbocycles. The van der Waals surface area contributed by atoms with Gasteiger partial charge in [-0.05, 0) is 48.9 Å². The van der Waals surface area contributed by atoms with Crippen LogP contribution in [0.4, 0.5) is 11.4 Å². The Morgan fingerprint density at radius 2 is 1.92 bits per heavy atom. The van der Waals surface area contributed by atoms with E-state index in [1.54, 1.807) is 0 Å². The van der Waals surface area contributed by atoms with Crippen molar-refractivity contribution >= 4 is 28.7 Å². The van der Waals surface area contributed by atoms with Gasteiger partial charge in [-0.15, -0.1) is 0 Å². The Labute approximate surface area is 146 Å². The summed E-state index contributed by atoms with van der Waals surface area (Å²) in [7, 11) is 1.89. The first-order chi connectivity index (χ1) is 11.6. The molecule has 0 aliphatic heterocycles. The number of rotatable bonds is 4. The molecule has 0 bridgehead atoms. The monoisotopic (exact) mass is 339 g/mol. The number of benzene rings is 2. The molecule has 0 fully saturated rings. The first-order valence-electron chi connectivity index (χ1n) is 7.56. The maximum absolute atomic E-state index is 9.44. The molecule has 0 amide bonds. The summed E-state index contributed by atoms with van der Waals surface area (Å²) < 4.78 is 1.88. The topological polar surface area (TPSA) is 49.6 Å². The number of aromatic nitrogens is 1. The van der Waals surface area contributed by atoms with Gasteiger partial charge in [-0.1, -0.05) is 35.0 Å². The second-order valence-corrected chi connectivity index (χ2v) is 5.99. The lowest BCUT2D eigenvalue weighted by atomic mass is 10.1. The molecule has 0 aliphatic carbocycles. The van der Waals surface area contributed by atoms with Crippen LogP contribution in [0.15, 0.2) is 65.9 Å². The van der Waals surface area contributed by atoms with Crippen LogP contribution < -0.4 is 5.32 Å². The fraction of sp³-hybridized carbons (Fsp3) is 0.105. The smallest absolute Gasteiger partial charge is 0.134 e. The number of anilines is 2. The highest BCUT2D eigenvalue weighted by Crippen LogP contribution is 2.27. The molecular formula is C19H18ClN3O. The molecule has 0 radical (unpaired) electrons. The number of nitrogens with one attached hydrogen (secondary N) is 1. The predicted octanol–water partition coefficient (Wildman–Crippen LogP) is 4.96. The van der Waals surface area contributed by atoms with Gasteiger partial charge in [-0.3, -0.25) is 0 Å². The van der Waals surface area contributed by atoms with Crippen LogP contribution in [-0.2, 0) is 7.05 Å².